The Morgan fingerprint density at radius 1 is 0.357 bits per heavy atom. The molecule has 0 unspecified atom stereocenters. The van der Waals surface area contributed by atoms with Crippen LogP contribution in [-0.4, -0.2) is 36.9 Å². The van der Waals surface area contributed by atoms with Crippen LogP contribution in [0.3, 0.4) is 0 Å². The molecule has 0 heterocycles. The van der Waals surface area contributed by atoms with Crippen LogP contribution >= 0.6 is 0 Å². The average Bonchev–Trinajstić information content (AvgIpc) is 2.08. The first kappa shape index (κ1) is 63.7. The predicted octanol–water partition coefficient (Wildman–Crippen LogP) is -14.3. The van der Waals surface area contributed by atoms with E-state index in [0.717, 1.165) is 0 Å². The summed E-state index contributed by atoms with van der Waals surface area (Å²) in [5.41, 5.74) is 0. The van der Waals surface area contributed by atoms with E-state index in [2.05, 4.69) is 0 Å². The summed E-state index contributed by atoms with van der Waals surface area (Å²) in [6.07, 6.45) is -14.0. The zero-order valence-electron chi connectivity index (χ0n) is 12.7. The van der Waals surface area contributed by atoms with Gasteiger partial charge in [-0.1, -0.05) is 0 Å². The molecule has 0 rings (SSSR count). The Bertz CT molecular complexity index is 275. The molecule has 0 aromatic heterocycles. The molecule has 0 atom stereocenters. The van der Waals surface area contributed by atoms with Gasteiger partial charge in [0.1, 0.15) is 0 Å². The SMILES string of the molecule is O=C([O-])[O-].O=C([O-])[O-].O=C([O-])[O-].O=C([O-])[O-].O=C([O-])[O-].O=C([O-])[O-].[Mn+2].[NH4+].[Nb+5].[Ti+4]. The molecule has 0 aliphatic heterocycles. The fourth-order valence-electron chi connectivity index (χ4n) is 0. The van der Waals surface area contributed by atoms with Crippen LogP contribution in [0.2, 0.25) is 0 Å². The number of carbonyl (C=O) groups excluding carboxylic acids is 6. The van der Waals surface area contributed by atoms with Crippen molar-refractivity contribution in [1.82, 2.24) is 6.15 Å². The summed E-state index contributed by atoms with van der Waals surface area (Å²) in [6, 6.07) is 0. The van der Waals surface area contributed by atoms with E-state index in [1.807, 2.05) is 0 Å². The molecule has 0 fully saturated rings. The number of hydrogen-bond acceptors (Lipinski definition) is 18. The Kier molecular flexibility index (Phi) is 128. The van der Waals surface area contributed by atoms with E-state index in [9.17, 15) is 0 Å². The van der Waals surface area contributed by atoms with Crippen LogP contribution in [0.5, 0.6) is 0 Å². The predicted molar refractivity (Wildman–Crippen MR) is 38.4 cm³/mol. The molecular formula is C6H4MnNNbO18Ti. The zero-order valence-corrected chi connectivity index (χ0v) is 17.6. The van der Waals surface area contributed by atoms with Crippen LogP contribution in [0.25, 0.3) is 0 Å². The van der Waals surface area contributed by atoms with Crippen molar-refractivity contribution >= 4 is 36.9 Å². The summed E-state index contributed by atoms with van der Waals surface area (Å²) in [7, 11) is 0. The maximum absolute atomic E-state index is 8.33. The zero-order chi connectivity index (χ0) is 21.5. The van der Waals surface area contributed by atoms with E-state index in [-0.39, 0.29) is 67.3 Å². The molecule has 19 nitrogen and oxygen atoms in total. The second-order valence-corrected chi connectivity index (χ2v) is 1.50. The Hall–Kier alpha value is -2.45. The maximum Gasteiger partial charge on any atom is 5.00 e. The van der Waals surface area contributed by atoms with Gasteiger partial charge in [0.15, 0.2) is 0 Å². The summed E-state index contributed by atoms with van der Waals surface area (Å²) < 4.78 is 0. The van der Waals surface area contributed by atoms with Gasteiger partial charge in [-0.05, 0) is 36.9 Å². The van der Waals surface area contributed by atoms with E-state index in [4.69, 9.17) is 90.0 Å². The second kappa shape index (κ2) is 56.3. The summed E-state index contributed by atoms with van der Waals surface area (Å²) in [5.74, 6) is 0. The summed E-state index contributed by atoms with van der Waals surface area (Å²) in [4.78, 5) is 50.0. The van der Waals surface area contributed by atoms with E-state index in [1.54, 1.807) is 0 Å². The van der Waals surface area contributed by atoms with Crippen LogP contribution in [0.15, 0.2) is 0 Å². The monoisotopic (exact) mass is 574 g/mol. The van der Waals surface area contributed by atoms with Crippen LogP contribution in [0.1, 0.15) is 0 Å². The third-order valence-electron chi connectivity index (χ3n) is 0. The molecule has 0 bridgehead atoms. The van der Waals surface area contributed by atoms with Gasteiger partial charge >= 0.3 is 61.2 Å². The standard InChI is InChI=1S/6CH2O3.Mn.H3N.Nb.Ti/c6*2-1(3)4;;;;/h6*(H2,2,3,4);;1H3;;/q;;;;;;+2;;+5;+4/p-11. The molecule has 1 radical (unpaired) electrons. The quantitative estimate of drug-likeness (QED) is 0.262. The Labute approximate surface area is 193 Å². The number of hydrogen-bond donors (Lipinski definition) is 1. The van der Waals surface area contributed by atoms with E-state index in [0.29, 0.717) is 0 Å². The van der Waals surface area contributed by atoms with E-state index >= 15 is 0 Å². The molecule has 157 valence electrons. The largest absolute Gasteiger partial charge is 5.00 e. The van der Waals surface area contributed by atoms with Crippen LogP contribution in [-0.2, 0) is 61.2 Å². The fourth-order valence-corrected chi connectivity index (χ4v) is 0. The van der Waals surface area contributed by atoms with Crippen LogP contribution in [0, 0.1) is 0 Å². The van der Waals surface area contributed by atoms with Crippen molar-refractivity contribution in [2.24, 2.45) is 0 Å². The van der Waals surface area contributed by atoms with Gasteiger partial charge in [0, 0.05) is 0 Å². The van der Waals surface area contributed by atoms with Crippen molar-refractivity contribution in [3.63, 3.8) is 0 Å². The van der Waals surface area contributed by atoms with E-state index < -0.39 is 36.9 Å². The number of carboxylic acid groups (broad SMARTS) is 12. The minimum Gasteiger partial charge on any atom is -0.652 e. The number of rotatable bonds is 0. The molecule has 4 N–H and O–H groups in total. The van der Waals surface area contributed by atoms with Gasteiger partial charge in [-0.15, -0.1) is 0 Å². The minimum atomic E-state index is -2.33. The first-order valence-electron chi connectivity index (χ1n) is 3.67. The molecule has 0 aliphatic carbocycles. The van der Waals surface area contributed by atoms with Crippen LogP contribution < -0.4 is 67.4 Å². The van der Waals surface area contributed by atoms with Gasteiger partial charge in [-0.2, -0.15) is 0 Å². The maximum atomic E-state index is 8.33. The molecule has 0 spiro atoms. The summed E-state index contributed by atoms with van der Waals surface area (Å²) in [6.45, 7) is 0. The van der Waals surface area contributed by atoms with Crippen molar-refractivity contribution in [3.05, 3.63) is 0 Å². The van der Waals surface area contributed by atoms with Gasteiger partial charge in [-0.3, -0.25) is 0 Å². The molecule has 0 saturated heterocycles. The van der Waals surface area contributed by atoms with Gasteiger partial charge in [0.05, 0.1) is 0 Å². The third-order valence-corrected chi connectivity index (χ3v) is 0. The summed E-state index contributed by atoms with van der Waals surface area (Å²) in [5, 5.41) is 100. The van der Waals surface area contributed by atoms with E-state index in [1.165, 1.54) is 0 Å². The average molecular weight is 574 g/mol. The molecule has 28 heavy (non-hydrogen) atoms. The molecule has 0 aromatic carbocycles. The molecule has 0 aromatic rings. The van der Waals surface area contributed by atoms with Gasteiger partial charge in [-0.25, -0.2) is 0 Å². The first-order valence-corrected chi connectivity index (χ1v) is 3.67. The first-order chi connectivity index (χ1) is 10.4. The number of carbonyl (C=O) groups is 6. The topological polar surface area (TPSA) is 416 Å². The van der Waals surface area contributed by atoms with Crippen LogP contribution in [0.4, 0.5) is 28.8 Å². The Morgan fingerprint density at radius 2 is 0.357 bits per heavy atom. The molecule has 0 amide bonds. The summed E-state index contributed by atoms with van der Waals surface area (Å²) >= 11 is 0. The fraction of sp³-hybridized carbons (Fsp3) is 0. The van der Waals surface area contributed by atoms with Crippen molar-refractivity contribution in [2.75, 3.05) is 0 Å². The minimum absolute atomic E-state index is 0. The van der Waals surface area contributed by atoms with Crippen molar-refractivity contribution < 1.29 is 151 Å². The van der Waals surface area contributed by atoms with Gasteiger partial charge in [0.2, 0.25) is 0 Å². The number of quaternary nitrogens is 1. The molecular weight excluding hydrogens is 570 g/mol. The van der Waals surface area contributed by atoms with Gasteiger partial charge < -0.3 is 96.2 Å². The molecule has 0 saturated carbocycles. The normalized spacial score (nSPS) is 5.14. The second-order valence-electron chi connectivity index (χ2n) is 1.50. The smallest absolute Gasteiger partial charge is 0.652 e. The molecule has 22 heteroatoms. The Balaban J connectivity index is -0.0000000169. The van der Waals surface area contributed by atoms with Gasteiger partial charge in [0.25, 0.3) is 0 Å². The Morgan fingerprint density at radius 3 is 0.357 bits per heavy atom. The van der Waals surface area contributed by atoms with Crippen molar-refractivity contribution in [3.8, 4) is 0 Å². The van der Waals surface area contributed by atoms with Crippen molar-refractivity contribution in [2.45, 2.75) is 0 Å². The van der Waals surface area contributed by atoms with Crippen molar-refractivity contribution in [1.29, 1.82) is 0 Å². The third kappa shape index (κ3) is 2000. The molecule has 0 aliphatic rings.